The van der Waals surface area contributed by atoms with Crippen molar-refractivity contribution in [3.8, 4) is 0 Å². The van der Waals surface area contributed by atoms with E-state index in [1.54, 1.807) is 0 Å². The summed E-state index contributed by atoms with van der Waals surface area (Å²) in [6.45, 7) is 1.27. The molecule has 1 aliphatic carbocycles. The second-order valence-electron chi connectivity index (χ2n) is 5.10. The molecule has 0 aromatic heterocycles. The van der Waals surface area contributed by atoms with E-state index in [4.69, 9.17) is 9.47 Å². The summed E-state index contributed by atoms with van der Waals surface area (Å²) in [6, 6.07) is 9.77. The zero-order valence-electron chi connectivity index (χ0n) is 9.72. The van der Waals surface area contributed by atoms with Crippen LogP contribution >= 0.6 is 0 Å². The van der Waals surface area contributed by atoms with Gasteiger partial charge >= 0.3 is 5.97 Å². The van der Waals surface area contributed by atoms with E-state index in [0.29, 0.717) is 18.9 Å². The van der Waals surface area contributed by atoms with Gasteiger partial charge in [0.1, 0.15) is 6.61 Å². The molecule has 1 heterocycles. The third-order valence-corrected chi connectivity index (χ3v) is 3.57. The third-order valence-electron chi connectivity index (χ3n) is 3.57. The molecule has 0 bridgehead atoms. The fraction of sp³-hybridized carbons (Fsp3) is 0.500. The number of carbonyl (C=O) groups excluding carboxylic acids is 1. The van der Waals surface area contributed by atoms with Gasteiger partial charge in [-0.3, -0.25) is 4.79 Å². The van der Waals surface area contributed by atoms with E-state index < -0.39 is 0 Å². The van der Waals surface area contributed by atoms with Crippen LogP contribution in [-0.4, -0.2) is 18.2 Å². The minimum atomic E-state index is -0.0886. The van der Waals surface area contributed by atoms with Crippen molar-refractivity contribution in [2.75, 3.05) is 6.61 Å². The van der Waals surface area contributed by atoms with Crippen molar-refractivity contribution < 1.29 is 14.3 Å². The van der Waals surface area contributed by atoms with Gasteiger partial charge in [0.2, 0.25) is 0 Å². The van der Waals surface area contributed by atoms with Gasteiger partial charge in [-0.15, -0.1) is 0 Å². The minimum Gasteiger partial charge on any atom is -0.461 e. The molecule has 0 unspecified atom stereocenters. The topological polar surface area (TPSA) is 38.8 Å². The van der Waals surface area contributed by atoms with Crippen LogP contribution in [0.25, 0.3) is 0 Å². The van der Waals surface area contributed by atoms with Gasteiger partial charge in [-0.1, -0.05) is 30.3 Å². The Balaban J connectivity index is 1.39. The number of ether oxygens (including phenoxy) is 2. The monoisotopic (exact) mass is 232 g/mol. The summed E-state index contributed by atoms with van der Waals surface area (Å²) in [6.07, 6.45) is 2.61. The normalized spacial score (nSPS) is 29.8. The summed E-state index contributed by atoms with van der Waals surface area (Å²) in [5.41, 5.74) is 1.22. The number of hydrogen-bond acceptors (Lipinski definition) is 3. The number of esters is 1. The molecule has 1 saturated heterocycles. The predicted octanol–water partition coefficient (Wildman–Crippen LogP) is 2.30. The number of hydrogen-bond donors (Lipinski definition) is 0. The molecule has 3 nitrogen and oxygen atoms in total. The smallest absolute Gasteiger partial charge is 0.306 e. The van der Waals surface area contributed by atoms with E-state index in [9.17, 15) is 4.79 Å². The van der Waals surface area contributed by atoms with Crippen LogP contribution in [0.4, 0.5) is 0 Å². The lowest BCUT2D eigenvalue weighted by Gasteiger charge is -2.31. The van der Waals surface area contributed by atoms with Crippen molar-refractivity contribution in [1.82, 2.24) is 0 Å². The molecule has 17 heavy (non-hydrogen) atoms. The third kappa shape index (κ3) is 2.50. The largest absolute Gasteiger partial charge is 0.461 e. The molecule has 1 aromatic rings. The zero-order chi connectivity index (χ0) is 11.7. The maximum absolute atomic E-state index is 11.6. The molecule has 0 amide bonds. The Morgan fingerprint density at radius 2 is 2.06 bits per heavy atom. The van der Waals surface area contributed by atoms with E-state index in [-0.39, 0.29) is 11.6 Å². The number of rotatable bonds is 4. The molecule has 0 radical (unpaired) electrons. The van der Waals surface area contributed by atoms with E-state index in [2.05, 4.69) is 0 Å². The molecule has 3 rings (SSSR count). The van der Waals surface area contributed by atoms with Gasteiger partial charge in [0.05, 0.1) is 12.2 Å². The molecule has 1 spiro atoms. The van der Waals surface area contributed by atoms with Crippen LogP contribution in [0.15, 0.2) is 30.3 Å². The van der Waals surface area contributed by atoms with Crippen molar-refractivity contribution in [3.63, 3.8) is 0 Å². The highest BCUT2D eigenvalue weighted by atomic mass is 16.6. The molecule has 1 aromatic carbocycles. The Morgan fingerprint density at radius 1 is 1.35 bits per heavy atom. The van der Waals surface area contributed by atoms with Crippen LogP contribution in [0.5, 0.6) is 0 Å². The van der Waals surface area contributed by atoms with E-state index in [1.165, 1.54) is 0 Å². The Kier molecular flexibility index (Phi) is 2.63. The standard InChI is InChI=1S/C14H16O3/c15-13(6-12-7-14(8-12)10-17-14)16-9-11-4-2-1-3-5-11/h1-5,12H,6-10H2. The maximum Gasteiger partial charge on any atom is 0.306 e. The molecule has 0 atom stereocenters. The quantitative estimate of drug-likeness (QED) is 0.590. The molecule has 1 saturated carbocycles. The maximum atomic E-state index is 11.6. The summed E-state index contributed by atoms with van der Waals surface area (Å²) < 4.78 is 10.6. The van der Waals surface area contributed by atoms with Gasteiger partial charge in [-0.2, -0.15) is 0 Å². The molecular weight excluding hydrogens is 216 g/mol. The van der Waals surface area contributed by atoms with Gasteiger partial charge in [0.25, 0.3) is 0 Å². The average molecular weight is 232 g/mol. The van der Waals surface area contributed by atoms with Gasteiger partial charge < -0.3 is 9.47 Å². The Morgan fingerprint density at radius 3 is 2.71 bits per heavy atom. The zero-order valence-corrected chi connectivity index (χ0v) is 9.72. The second-order valence-corrected chi connectivity index (χ2v) is 5.10. The lowest BCUT2D eigenvalue weighted by molar-refractivity contribution is -0.147. The van der Waals surface area contributed by atoms with E-state index in [1.807, 2.05) is 30.3 Å². The first-order valence-corrected chi connectivity index (χ1v) is 6.09. The van der Waals surface area contributed by atoms with Crippen molar-refractivity contribution >= 4 is 5.97 Å². The first-order valence-electron chi connectivity index (χ1n) is 6.09. The Hall–Kier alpha value is -1.35. The Labute approximate surface area is 101 Å². The minimum absolute atomic E-state index is 0.0886. The van der Waals surface area contributed by atoms with Crippen LogP contribution in [0.1, 0.15) is 24.8 Å². The molecule has 90 valence electrons. The van der Waals surface area contributed by atoms with Gasteiger partial charge in [0, 0.05) is 6.42 Å². The lowest BCUT2D eigenvalue weighted by atomic mass is 9.73. The van der Waals surface area contributed by atoms with Crippen molar-refractivity contribution in [1.29, 1.82) is 0 Å². The van der Waals surface area contributed by atoms with Gasteiger partial charge in [-0.25, -0.2) is 0 Å². The fourth-order valence-electron chi connectivity index (χ4n) is 2.51. The van der Waals surface area contributed by atoms with Crippen LogP contribution in [0.3, 0.4) is 0 Å². The van der Waals surface area contributed by atoms with Crippen LogP contribution in [0, 0.1) is 5.92 Å². The summed E-state index contributed by atoms with van der Waals surface area (Å²) in [5, 5.41) is 0. The van der Waals surface area contributed by atoms with E-state index >= 15 is 0 Å². The SMILES string of the molecule is O=C(CC1CC2(CO2)C1)OCc1ccccc1. The second kappa shape index (κ2) is 4.15. The van der Waals surface area contributed by atoms with Gasteiger partial charge in [-0.05, 0) is 24.3 Å². The van der Waals surface area contributed by atoms with Crippen molar-refractivity contribution in [3.05, 3.63) is 35.9 Å². The van der Waals surface area contributed by atoms with Crippen LogP contribution in [-0.2, 0) is 20.9 Å². The van der Waals surface area contributed by atoms with Crippen molar-refractivity contribution in [2.24, 2.45) is 5.92 Å². The molecular formula is C14H16O3. The van der Waals surface area contributed by atoms with Crippen LogP contribution in [0.2, 0.25) is 0 Å². The fourth-order valence-corrected chi connectivity index (χ4v) is 2.51. The lowest BCUT2D eigenvalue weighted by Crippen LogP contribution is -2.33. The molecule has 3 heteroatoms. The van der Waals surface area contributed by atoms with Crippen LogP contribution < -0.4 is 0 Å². The molecule has 1 aliphatic heterocycles. The molecule has 2 fully saturated rings. The molecule has 2 aliphatic rings. The van der Waals surface area contributed by atoms with Gasteiger partial charge in [0.15, 0.2) is 0 Å². The molecule has 0 N–H and O–H groups in total. The Bertz CT molecular complexity index is 401. The average Bonchev–Trinajstić information content (AvgIpc) is 3.08. The summed E-state index contributed by atoms with van der Waals surface area (Å²) in [7, 11) is 0. The van der Waals surface area contributed by atoms with Crippen molar-refractivity contribution in [2.45, 2.75) is 31.5 Å². The highest BCUT2D eigenvalue weighted by molar-refractivity contribution is 5.70. The number of benzene rings is 1. The summed E-state index contributed by atoms with van der Waals surface area (Å²) >= 11 is 0. The first-order chi connectivity index (χ1) is 8.26. The highest BCUT2D eigenvalue weighted by Crippen LogP contribution is 2.51. The highest BCUT2D eigenvalue weighted by Gasteiger charge is 2.55. The van der Waals surface area contributed by atoms with E-state index in [0.717, 1.165) is 25.0 Å². The summed E-state index contributed by atoms with van der Waals surface area (Å²) in [5.74, 6) is 0.384. The number of carbonyl (C=O) groups is 1. The summed E-state index contributed by atoms with van der Waals surface area (Å²) in [4.78, 5) is 11.6. The predicted molar refractivity (Wildman–Crippen MR) is 62.3 cm³/mol. The first kappa shape index (κ1) is 10.8. The number of epoxide rings is 1.